The van der Waals surface area contributed by atoms with Crippen molar-refractivity contribution in [2.45, 2.75) is 6.04 Å². The first-order valence-electron chi connectivity index (χ1n) is 9.02. The minimum absolute atomic E-state index is 0.0590. The zero-order valence-corrected chi connectivity index (χ0v) is 17.7. The second-order valence-corrected chi connectivity index (χ2v) is 8.01. The Morgan fingerprint density at radius 3 is 2.52 bits per heavy atom. The summed E-state index contributed by atoms with van der Waals surface area (Å²) in [5.74, 6) is 5.79. The summed E-state index contributed by atoms with van der Waals surface area (Å²) in [5.41, 5.74) is 6.02. The van der Waals surface area contributed by atoms with Crippen LogP contribution in [0.1, 0.15) is 22.7 Å². The molecule has 0 unspecified atom stereocenters. The van der Waals surface area contributed by atoms with Crippen molar-refractivity contribution in [1.82, 2.24) is 10.3 Å². The first-order valence-corrected chi connectivity index (χ1v) is 10.2. The number of amides is 1. The largest absolute Gasteiger partial charge is 0.336 e. The van der Waals surface area contributed by atoms with Gasteiger partial charge in [0.1, 0.15) is 12.4 Å². The van der Waals surface area contributed by atoms with Crippen molar-refractivity contribution in [3.8, 4) is 0 Å². The molecule has 0 bridgehead atoms. The van der Waals surface area contributed by atoms with Gasteiger partial charge in [0.2, 0.25) is 0 Å². The lowest BCUT2D eigenvalue weighted by Crippen LogP contribution is -2.46. The van der Waals surface area contributed by atoms with E-state index in [1.165, 1.54) is 0 Å². The summed E-state index contributed by atoms with van der Waals surface area (Å²) in [4.78, 5) is 19.2. The Kier molecular flexibility index (Phi) is 5.67. The number of halogens is 2. The van der Waals surface area contributed by atoms with Gasteiger partial charge in [0.05, 0.1) is 11.7 Å². The van der Waals surface area contributed by atoms with Gasteiger partial charge in [-0.3, -0.25) is 10.2 Å². The molecular formula is C22H18BrClN4O. The van der Waals surface area contributed by atoms with Crippen LogP contribution in [0.3, 0.4) is 0 Å². The third kappa shape index (κ3) is 4.05. The van der Waals surface area contributed by atoms with Crippen molar-refractivity contribution < 1.29 is 4.79 Å². The molecule has 0 spiro atoms. The van der Waals surface area contributed by atoms with Crippen LogP contribution >= 0.6 is 27.5 Å². The molecule has 1 amide bonds. The molecule has 0 saturated carbocycles. The molecular weight excluding hydrogens is 452 g/mol. The number of carbonyl (C=O) groups is 1. The van der Waals surface area contributed by atoms with E-state index in [9.17, 15) is 4.79 Å². The van der Waals surface area contributed by atoms with Crippen molar-refractivity contribution in [2.24, 2.45) is 10.8 Å². The number of carbonyl (C=O) groups excluding carboxylic acids is 1. The maximum atomic E-state index is 12.3. The molecule has 1 aliphatic heterocycles. The average Bonchev–Trinajstić information content (AvgIpc) is 2.74. The molecule has 7 heteroatoms. The minimum Gasteiger partial charge on any atom is -0.336 e. The monoisotopic (exact) mass is 468 g/mol. The van der Waals surface area contributed by atoms with Crippen molar-refractivity contribution in [2.75, 3.05) is 6.54 Å². The molecule has 1 atom stereocenters. The lowest BCUT2D eigenvalue weighted by molar-refractivity contribution is -0.121. The summed E-state index contributed by atoms with van der Waals surface area (Å²) in [6, 6.07) is 23.3. The standard InChI is InChI=1S/C22H18BrClN4O/c23-16-8-11-19-18(12-16)21(14-4-2-1-3-5-14)28(13-20(29)27-25)22(26-19)15-6-9-17(24)10-7-15/h1-12,21H,13,25H2,(H,27,29)/t21-/m1/s1. The fraction of sp³-hybridized carbons (Fsp3) is 0.0909. The van der Waals surface area contributed by atoms with Gasteiger partial charge in [-0.1, -0.05) is 57.9 Å². The topological polar surface area (TPSA) is 70.7 Å². The molecule has 146 valence electrons. The molecule has 3 aromatic carbocycles. The zero-order valence-electron chi connectivity index (χ0n) is 15.3. The number of amidine groups is 1. The van der Waals surface area contributed by atoms with Crippen molar-refractivity contribution in [3.63, 3.8) is 0 Å². The van der Waals surface area contributed by atoms with Gasteiger partial charge in [-0.25, -0.2) is 10.8 Å². The van der Waals surface area contributed by atoms with Gasteiger partial charge in [0, 0.05) is 20.6 Å². The smallest absolute Gasteiger partial charge is 0.253 e. The van der Waals surface area contributed by atoms with E-state index in [1.54, 1.807) is 0 Å². The minimum atomic E-state index is -0.300. The predicted molar refractivity (Wildman–Crippen MR) is 119 cm³/mol. The Morgan fingerprint density at radius 2 is 1.83 bits per heavy atom. The van der Waals surface area contributed by atoms with E-state index in [-0.39, 0.29) is 18.5 Å². The quantitative estimate of drug-likeness (QED) is 0.334. The van der Waals surface area contributed by atoms with Crippen LogP contribution in [-0.4, -0.2) is 23.2 Å². The highest BCUT2D eigenvalue weighted by molar-refractivity contribution is 9.10. The van der Waals surface area contributed by atoms with E-state index in [2.05, 4.69) is 21.4 Å². The second kappa shape index (κ2) is 8.37. The van der Waals surface area contributed by atoms with Crippen LogP contribution in [0.2, 0.25) is 5.02 Å². The number of nitrogens with two attached hydrogens (primary N) is 1. The number of aliphatic imine (C=N–C) groups is 1. The van der Waals surface area contributed by atoms with Gasteiger partial charge in [-0.05, 0) is 48.0 Å². The maximum absolute atomic E-state index is 12.3. The van der Waals surface area contributed by atoms with Crippen LogP contribution < -0.4 is 11.3 Å². The summed E-state index contributed by atoms with van der Waals surface area (Å²) in [6.45, 7) is 0.0590. The Morgan fingerprint density at radius 1 is 1.10 bits per heavy atom. The van der Waals surface area contributed by atoms with Crippen LogP contribution in [0.15, 0.2) is 82.3 Å². The van der Waals surface area contributed by atoms with Gasteiger partial charge in [-0.2, -0.15) is 0 Å². The summed E-state index contributed by atoms with van der Waals surface area (Å²) in [5, 5.41) is 0.639. The fourth-order valence-corrected chi connectivity index (χ4v) is 4.01. The third-order valence-electron chi connectivity index (χ3n) is 4.79. The molecule has 4 rings (SSSR count). The number of fused-ring (bicyclic) bond motifs is 1. The van der Waals surface area contributed by atoms with E-state index >= 15 is 0 Å². The fourth-order valence-electron chi connectivity index (χ4n) is 3.51. The number of benzene rings is 3. The molecule has 0 radical (unpaired) electrons. The third-order valence-corrected chi connectivity index (χ3v) is 5.53. The summed E-state index contributed by atoms with van der Waals surface area (Å²) in [6.07, 6.45) is 0. The molecule has 3 N–H and O–H groups in total. The normalized spacial score (nSPS) is 15.5. The van der Waals surface area contributed by atoms with Crippen molar-refractivity contribution in [3.05, 3.63) is 99.0 Å². The van der Waals surface area contributed by atoms with E-state index in [1.807, 2.05) is 77.7 Å². The van der Waals surface area contributed by atoms with Gasteiger partial charge in [0.15, 0.2) is 0 Å². The van der Waals surface area contributed by atoms with Crippen molar-refractivity contribution >= 4 is 45.0 Å². The van der Waals surface area contributed by atoms with Gasteiger partial charge in [-0.15, -0.1) is 0 Å². The predicted octanol–water partition coefficient (Wildman–Crippen LogP) is 4.58. The summed E-state index contributed by atoms with van der Waals surface area (Å²) >= 11 is 9.64. The first kappa shape index (κ1) is 19.6. The van der Waals surface area contributed by atoms with Gasteiger partial charge in [0.25, 0.3) is 5.91 Å². The lowest BCUT2D eigenvalue weighted by Gasteiger charge is -2.38. The highest BCUT2D eigenvalue weighted by atomic mass is 79.9. The van der Waals surface area contributed by atoms with Crippen LogP contribution in [0, 0.1) is 0 Å². The summed E-state index contributed by atoms with van der Waals surface area (Å²) in [7, 11) is 0. The number of hydrogen-bond acceptors (Lipinski definition) is 4. The number of hydrazine groups is 1. The van der Waals surface area contributed by atoms with Crippen LogP contribution in [0.5, 0.6) is 0 Å². The molecule has 0 saturated heterocycles. The Bertz CT molecular complexity index is 1070. The number of hydrogen-bond donors (Lipinski definition) is 2. The number of nitrogens with one attached hydrogen (secondary N) is 1. The van der Waals surface area contributed by atoms with Crippen LogP contribution in [0.25, 0.3) is 0 Å². The zero-order chi connectivity index (χ0) is 20.4. The van der Waals surface area contributed by atoms with Crippen LogP contribution in [-0.2, 0) is 4.79 Å². The molecule has 0 aliphatic carbocycles. The van der Waals surface area contributed by atoms with Crippen LogP contribution in [0.4, 0.5) is 5.69 Å². The molecule has 0 fully saturated rings. The highest BCUT2D eigenvalue weighted by Gasteiger charge is 2.33. The molecule has 29 heavy (non-hydrogen) atoms. The van der Waals surface area contributed by atoms with E-state index in [0.29, 0.717) is 10.9 Å². The SMILES string of the molecule is NNC(=O)CN1C(c2ccc(Cl)cc2)=Nc2ccc(Br)cc2[C@H]1c1ccccc1. The lowest BCUT2D eigenvalue weighted by atomic mass is 9.93. The van der Waals surface area contributed by atoms with E-state index in [4.69, 9.17) is 22.4 Å². The Balaban J connectivity index is 1.94. The Hall–Kier alpha value is -2.67. The Labute approximate surface area is 182 Å². The van der Waals surface area contributed by atoms with E-state index < -0.39 is 0 Å². The number of nitrogens with zero attached hydrogens (tertiary/aromatic N) is 2. The molecule has 1 aliphatic rings. The van der Waals surface area contributed by atoms with Crippen molar-refractivity contribution in [1.29, 1.82) is 0 Å². The summed E-state index contributed by atoms with van der Waals surface area (Å²) < 4.78 is 0.950. The molecule has 0 aromatic heterocycles. The highest BCUT2D eigenvalue weighted by Crippen LogP contribution is 2.41. The number of rotatable bonds is 4. The van der Waals surface area contributed by atoms with Gasteiger partial charge < -0.3 is 4.90 Å². The average molecular weight is 470 g/mol. The second-order valence-electron chi connectivity index (χ2n) is 6.65. The molecule has 3 aromatic rings. The molecule has 1 heterocycles. The molecule has 5 nitrogen and oxygen atoms in total. The first-order chi connectivity index (χ1) is 14.1. The van der Waals surface area contributed by atoms with E-state index in [0.717, 1.165) is 26.9 Å². The van der Waals surface area contributed by atoms with Gasteiger partial charge >= 0.3 is 0 Å². The maximum Gasteiger partial charge on any atom is 0.253 e.